The molecule has 1 amide bonds. The summed E-state index contributed by atoms with van der Waals surface area (Å²) in [6.45, 7) is 4.72. The van der Waals surface area contributed by atoms with E-state index in [1.807, 2.05) is 32.0 Å². The quantitative estimate of drug-likeness (QED) is 0.584. The molecule has 3 aromatic rings. The van der Waals surface area contributed by atoms with Crippen LogP contribution in [0.25, 0.3) is 0 Å². The fourth-order valence-corrected chi connectivity index (χ4v) is 3.74. The molecule has 0 bridgehead atoms. The van der Waals surface area contributed by atoms with Gasteiger partial charge >= 0.3 is 0 Å². The van der Waals surface area contributed by atoms with Crippen LogP contribution < -0.4 is 15.5 Å². The van der Waals surface area contributed by atoms with Crippen LogP contribution in [0.3, 0.4) is 0 Å². The standard InChI is InChI=1S/C22H26FN7O2/c1-13-18-20(29(3)19(14(2)32-4)21(31)27-18)28-22(26-13)24-9-16-10-25-30(12-16)11-15-5-7-17(23)8-6-15/h5-8,10,12,14,19H,9,11H2,1-4H3,(H,27,31)(H,24,26,28)/t14?,19-/m0/s1. The second-order valence-corrected chi connectivity index (χ2v) is 7.84. The summed E-state index contributed by atoms with van der Waals surface area (Å²) in [7, 11) is 3.41. The summed E-state index contributed by atoms with van der Waals surface area (Å²) >= 11 is 0. The van der Waals surface area contributed by atoms with Gasteiger partial charge in [0.1, 0.15) is 17.5 Å². The van der Waals surface area contributed by atoms with Crippen molar-refractivity contribution in [2.45, 2.75) is 39.1 Å². The maximum absolute atomic E-state index is 13.1. The molecule has 2 N–H and O–H groups in total. The van der Waals surface area contributed by atoms with Crippen LogP contribution in [-0.2, 0) is 22.6 Å². The van der Waals surface area contributed by atoms with Crippen molar-refractivity contribution in [1.82, 2.24) is 19.7 Å². The van der Waals surface area contributed by atoms with E-state index in [9.17, 15) is 9.18 Å². The van der Waals surface area contributed by atoms with Crippen molar-refractivity contribution in [3.8, 4) is 0 Å². The highest BCUT2D eigenvalue weighted by atomic mass is 19.1. The Hall–Kier alpha value is -3.53. The van der Waals surface area contributed by atoms with Gasteiger partial charge in [0.15, 0.2) is 5.82 Å². The zero-order chi connectivity index (χ0) is 22.8. The summed E-state index contributed by atoms with van der Waals surface area (Å²) in [5, 5.41) is 10.5. The van der Waals surface area contributed by atoms with Gasteiger partial charge in [0.2, 0.25) is 11.9 Å². The van der Waals surface area contributed by atoms with E-state index in [2.05, 4.69) is 25.7 Å². The van der Waals surface area contributed by atoms with Gasteiger partial charge in [-0.25, -0.2) is 9.37 Å². The maximum Gasteiger partial charge on any atom is 0.249 e. The van der Waals surface area contributed by atoms with Crippen LogP contribution in [-0.4, -0.2) is 52.0 Å². The number of carbonyl (C=O) groups is 1. The van der Waals surface area contributed by atoms with Gasteiger partial charge in [-0.2, -0.15) is 10.1 Å². The third kappa shape index (κ3) is 4.40. The number of halogens is 1. The van der Waals surface area contributed by atoms with Crippen LogP contribution in [0.5, 0.6) is 0 Å². The molecular formula is C22H26FN7O2. The predicted molar refractivity (Wildman–Crippen MR) is 119 cm³/mol. The summed E-state index contributed by atoms with van der Waals surface area (Å²) < 4.78 is 20.2. The smallest absolute Gasteiger partial charge is 0.249 e. The highest BCUT2D eigenvalue weighted by Crippen LogP contribution is 2.33. The van der Waals surface area contributed by atoms with Crippen molar-refractivity contribution >= 4 is 23.4 Å². The third-order valence-electron chi connectivity index (χ3n) is 5.55. The Morgan fingerprint density at radius 1 is 1.25 bits per heavy atom. The Bertz CT molecular complexity index is 1120. The van der Waals surface area contributed by atoms with Gasteiger partial charge in [0.05, 0.1) is 24.5 Å². The maximum atomic E-state index is 13.1. The monoisotopic (exact) mass is 439 g/mol. The number of nitrogens with one attached hydrogen (secondary N) is 2. The molecule has 10 heteroatoms. The number of aromatic nitrogens is 4. The second kappa shape index (κ2) is 8.91. The highest BCUT2D eigenvalue weighted by Gasteiger charge is 2.37. The number of nitrogens with zero attached hydrogens (tertiary/aromatic N) is 5. The first-order chi connectivity index (χ1) is 15.4. The number of rotatable bonds is 7. The first kappa shape index (κ1) is 21.7. The van der Waals surface area contributed by atoms with Gasteiger partial charge in [-0.05, 0) is 31.5 Å². The molecular weight excluding hydrogens is 413 g/mol. The normalized spacial score (nSPS) is 16.5. The van der Waals surface area contributed by atoms with Gasteiger partial charge in [0, 0.05) is 32.5 Å². The minimum atomic E-state index is -0.487. The van der Waals surface area contributed by atoms with Crippen molar-refractivity contribution in [3.63, 3.8) is 0 Å². The van der Waals surface area contributed by atoms with E-state index in [-0.39, 0.29) is 17.8 Å². The number of benzene rings is 1. The molecule has 32 heavy (non-hydrogen) atoms. The number of ether oxygens (including phenoxy) is 1. The first-order valence-electron chi connectivity index (χ1n) is 10.3. The van der Waals surface area contributed by atoms with Gasteiger partial charge in [-0.1, -0.05) is 12.1 Å². The van der Waals surface area contributed by atoms with E-state index < -0.39 is 6.04 Å². The van der Waals surface area contributed by atoms with Crippen molar-refractivity contribution in [3.05, 3.63) is 59.3 Å². The van der Waals surface area contributed by atoms with Gasteiger partial charge in [0.25, 0.3) is 0 Å². The molecule has 0 saturated heterocycles. The van der Waals surface area contributed by atoms with Gasteiger partial charge in [-0.3, -0.25) is 9.48 Å². The summed E-state index contributed by atoms with van der Waals surface area (Å²) in [6.07, 6.45) is 3.39. The Morgan fingerprint density at radius 3 is 2.72 bits per heavy atom. The molecule has 0 saturated carbocycles. The molecule has 1 aliphatic rings. The number of aryl methyl sites for hydroxylation is 1. The van der Waals surface area contributed by atoms with Crippen molar-refractivity contribution in [2.75, 3.05) is 29.7 Å². The lowest BCUT2D eigenvalue weighted by Crippen LogP contribution is -2.53. The predicted octanol–water partition coefficient (Wildman–Crippen LogP) is 2.57. The van der Waals surface area contributed by atoms with Crippen LogP contribution >= 0.6 is 0 Å². The Balaban J connectivity index is 1.46. The highest BCUT2D eigenvalue weighted by molar-refractivity contribution is 6.03. The second-order valence-electron chi connectivity index (χ2n) is 7.84. The molecule has 0 fully saturated rings. The van der Waals surface area contributed by atoms with Crippen LogP contribution in [0.2, 0.25) is 0 Å². The Kier molecular flexibility index (Phi) is 6.04. The zero-order valence-electron chi connectivity index (χ0n) is 18.5. The number of fused-ring (bicyclic) bond motifs is 1. The molecule has 2 atom stereocenters. The molecule has 0 aliphatic carbocycles. The lowest BCUT2D eigenvalue weighted by molar-refractivity contribution is -0.120. The fraction of sp³-hybridized carbons (Fsp3) is 0.364. The SMILES string of the molecule is COC(C)[C@H]1C(=O)Nc2c(C)nc(NCc3cnn(Cc4ccc(F)cc4)c3)nc2N1C. The van der Waals surface area contributed by atoms with E-state index in [0.29, 0.717) is 36.2 Å². The van der Waals surface area contributed by atoms with E-state index in [1.54, 1.807) is 30.1 Å². The molecule has 9 nitrogen and oxygen atoms in total. The molecule has 1 aliphatic heterocycles. The van der Waals surface area contributed by atoms with Crippen LogP contribution in [0, 0.1) is 12.7 Å². The number of amides is 1. The molecule has 2 aromatic heterocycles. The zero-order valence-corrected chi connectivity index (χ0v) is 18.5. The van der Waals surface area contributed by atoms with Crippen molar-refractivity contribution in [1.29, 1.82) is 0 Å². The largest absolute Gasteiger partial charge is 0.379 e. The third-order valence-corrected chi connectivity index (χ3v) is 5.55. The van der Waals surface area contributed by atoms with E-state index in [1.165, 1.54) is 12.1 Å². The molecule has 0 radical (unpaired) electrons. The van der Waals surface area contributed by atoms with Crippen LogP contribution in [0.1, 0.15) is 23.7 Å². The fourth-order valence-electron chi connectivity index (χ4n) is 3.74. The molecule has 0 spiro atoms. The number of hydrogen-bond donors (Lipinski definition) is 2. The van der Waals surface area contributed by atoms with Gasteiger partial charge < -0.3 is 20.3 Å². The molecule has 4 rings (SSSR count). The molecule has 168 valence electrons. The molecule has 1 aromatic carbocycles. The minimum absolute atomic E-state index is 0.143. The number of anilines is 3. The Labute approximate surface area is 185 Å². The van der Waals surface area contributed by atoms with Crippen molar-refractivity contribution < 1.29 is 13.9 Å². The number of hydrogen-bond acceptors (Lipinski definition) is 7. The van der Waals surface area contributed by atoms with Crippen molar-refractivity contribution in [2.24, 2.45) is 0 Å². The summed E-state index contributed by atoms with van der Waals surface area (Å²) in [6, 6.07) is 5.87. The number of carbonyl (C=O) groups excluding carboxylic acids is 1. The van der Waals surface area contributed by atoms with E-state index in [0.717, 1.165) is 11.1 Å². The van der Waals surface area contributed by atoms with Crippen LogP contribution in [0.15, 0.2) is 36.7 Å². The van der Waals surface area contributed by atoms with E-state index >= 15 is 0 Å². The average molecular weight is 439 g/mol. The topological polar surface area (TPSA) is 97.2 Å². The summed E-state index contributed by atoms with van der Waals surface area (Å²) in [4.78, 5) is 23.5. The molecule has 1 unspecified atom stereocenters. The lowest BCUT2D eigenvalue weighted by atomic mass is 10.1. The molecule has 3 heterocycles. The number of methoxy groups -OCH3 is 1. The summed E-state index contributed by atoms with van der Waals surface area (Å²) in [5.41, 5.74) is 3.20. The summed E-state index contributed by atoms with van der Waals surface area (Å²) in [5.74, 6) is 0.697. The number of likely N-dealkylation sites (N-methyl/N-ethyl adjacent to an activating group) is 1. The minimum Gasteiger partial charge on any atom is -0.379 e. The lowest BCUT2D eigenvalue weighted by Gasteiger charge is -2.37. The average Bonchev–Trinajstić information content (AvgIpc) is 3.22. The van der Waals surface area contributed by atoms with Crippen LogP contribution in [0.4, 0.5) is 21.8 Å². The van der Waals surface area contributed by atoms with E-state index in [4.69, 9.17) is 4.74 Å². The Morgan fingerprint density at radius 2 is 2.00 bits per heavy atom. The first-order valence-corrected chi connectivity index (χ1v) is 10.3. The van der Waals surface area contributed by atoms with Gasteiger partial charge in [-0.15, -0.1) is 0 Å².